The molecule has 2 heterocycles. The molecule has 0 spiro atoms. The van der Waals surface area contributed by atoms with Gasteiger partial charge in [-0.05, 0) is 31.5 Å². The standard InChI is InChI=1S/C16H28N2OS/c1-12(2)9-17-10-15-5-6-16(19-15)11-18-7-8-20-14(4)13(18)3/h5-6,12-14,17H,7-11H2,1-4H3. The minimum atomic E-state index is 0.626. The SMILES string of the molecule is CC(C)CNCc1ccc(CN2CCSC(C)C2C)o1. The van der Waals surface area contributed by atoms with Crippen LogP contribution in [0.25, 0.3) is 0 Å². The van der Waals surface area contributed by atoms with E-state index in [0.29, 0.717) is 17.2 Å². The van der Waals surface area contributed by atoms with Gasteiger partial charge in [0.05, 0.1) is 13.1 Å². The Morgan fingerprint density at radius 2 is 2.10 bits per heavy atom. The van der Waals surface area contributed by atoms with Crippen molar-refractivity contribution < 1.29 is 4.42 Å². The number of thioether (sulfide) groups is 1. The molecule has 2 unspecified atom stereocenters. The molecule has 2 rings (SSSR count). The third-order valence-corrected chi connectivity index (χ3v) is 5.28. The first-order chi connectivity index (χ1) is 9.56. The molecule has 1 aliphatic rings. The summed E-state index contributed by atoms with van der Waals surface area (Å²) in [6.45, 7) is 13.1. The van der Waals surface area contributed by atoms with Crippen molar-refractivity contribution in [2.45, 2.75) is 52.1 Å². The first-order valence-corrected chi connectivity index (χ1v) is 8.75. The van der Waals surface area contributed by atoms with Crippen LogP contribution in [0.15, 0.2) is 16.5 Å². The molecule has 1 fully saturated rings. The van der Waals surface area contributed by atoms with Crippen LogP contribution in [0.1, 0.15) is 39.2 Å². The molecule has 1 aromatic rings. The molecule has 0 aromatic carbocycles. The molecule has 0 amide bonds. The van der Waals surface area contributed by atoms with E-state index in [-0.39, 0.29) is 0 Å². The lowest BCUT2D eigenvalue weighted by Crippen LogP contribution is -2.43. The summed E-state index contributed by atoms with van der Waals surface area (Å²) in [4.78, 5) is 2.53. The summed E-state index contributed by atoms with van der Waals surface area (Å²) in [5.74, 6) is 4.05. The van der Waals surface area contributed by atoms with Crippen molar-refractivity contribution in [3.05, 3.63) is 23.7 Å². The number of nitrogens with one attached hydrogen (secondary N) is 1. The number of hydrogen-bond acceptors (Lipinski definition) is 4. The lowest BCUT2D eigenvalue weighted by Gasteiger charge is -2.36. The van der Waals surface area contributed by atoms with Gasteiger partial charge in [-0.3, -0.25) is 4.90 Å². The second kappa shape index (κ2) is 7.53. The van der Waals surface area contributed by atoms with Gasteiger partial charge in [-0.25, -0.2) is 0 Å². The lowest BCUT2D eigenvalue weighted by molar-refractivity contribution is 0.187. The quantitative estimate of drug-likeness (QED) is 0.871. The number of furan rings is 1. The van der Waals surface area contributed by atoms with Crippen LogP contribution in [-0.2, 0) is 13.1 Å². The highest BCUT2D eigenvalue weighted by Gasteiger charge is 2.25. The molecule has 2 atom stereocenters. The number of hydrogen-bond donors (Lipinski definition) is 1. The zero-order valence-corrected chi connectivity index (χ0v) is 14.0. The largest absolute Gasteiger partial charge is 0.463 e. The predicted molar refractivity (Wildman–Crippen MR) is 87.0 cm³/mol. The van der Waals surface area contributed by atoms with E-state index in [9.17, 15) is 0 Å². The van der Waals surface area contributed by atoms with Gasteiger partial charge in [0.2, 0.25) is 0 Å². The lowest BCUT2D eigenvalue weighted by atomic mass is 10.2. The van der Waals surface area contributed by atoms with Crippen LogP contribution in [0.5, 0.6) is 0 Å². The summed E-state index contributed by atoms with van der Waals surface area (Å²) in [6.07, 6.45) is 0. The van der Waals surface area contributed by atoms with Gasteiger partial charge < -0.3 is 9.73 Å². The summed E-state index contributed by atoms with van der Waals surface area (Å²) < 4.78 is 5.94. The van der Waals surface area contributed by atoms with Gasteiger partial charge in [-0.15, -0.1) is 0 Å². The molecule has 4 heteroatoms. The van der Waals surface area contributed by atoms with Crippen LogP contribution in [0.4, 0.5) is 0 Å². The first kappa shape index (κ1) is 15.9. The summed E-state index contributed by atoms with van der Waals surface area (Å²) in [5, 5.41) is 4.14. The van der Waals surface area contributed by atoms with E-state index in [2.05, 4.69) is 61.8 Å². The molecule has 1 aromatic heterocycles. The Labute approximate surface area is 127 Å². The average Bonchev–Trinajstić information content (AvgIpc) is 2.82. The second-order valence-corrected chi connectivity index (χ2v) is 7.66. The fourth-order valence-corrected chi connectivity index (χ4v) is 3.67. The van der Waals surface area contributed by atoms with Crippen molar-refractivity contribution in [2.24, 2.45) is 5.92 Å². The topological polar surface area (TPSA) is 28.4 Å². The van der Waals surface area contributed by atoms with E-state index < -0.39 is 0 Å². The maximum absolute atomic E-state index is 5.94. The highest BCUT2D eigenvalue weighted by atomic mass is 32.2. The monoisotopic (exact) mass is 296 g/mol. The van der Waals surface area contributed by atoms with Crippen LogP contribution in [-0.4, -0.2) is 35.0 Å². The fraction of sp³-hybridized carbons (Fsp3) is 0.750. The first-order valence-electron chi connectivity index (χ1n) is 7.70. The van der Waals surface area contributed by atoms with E-state index in [1.54, 1.807) is 0 Å². The van der Waals surface area contributed by atoms with Gasteiger partial charge in [0, 0.05) is 23.6 Å². The average molecular weight is 296 g/mol. The van der Waals surface area contributed by atoms with Crippen LogP contribution in [0, 0.1) is 5.92 Å². The third kappa shape index (κ3) is 4.54. The van der Waals surface area contributed by atoms with Gasteiger partial charge in [0.15, 0.2) is 0 Å². The van der Waals surface area contributed by atoms with Crippen molar-refractivity contribution in [3.8, 4) is 0 Å². The zero-order chi connectivity index (χ0) is 14.5. The summed E-state index contributed by atoms with van der Waals surface area (Å²) in [5.41, 5.74) is 0. The third-order valence-electron chi connectivity index (χ3n) is 3.94. The van der Waals surface area contributed by atoms with Gasteiger partial charge in [-0.2, -0.15) is 11.8 Å². The highest BCUT2D eigenvalue weighted by Crippen LogP contribution is 2.25. The minimum absolute atomic E-state index is 0.626. The molecule has 0 bridgehead atoms. The Hall–Kier alpha value is -0.450. The Morgan fingerprint density at radius 1 is 1.35 bits per heavy atom. The summed E-state index contributed by atoms with van der Waals surface area (Å²) in [7, 11) is 0. The molecule has 1 saturated heterocycles. The van der Waals surface area contributed by atoms with Crippen molar-refractivity contribution in [2.75, 3.05) is 18.8 Å². The molecular formula is C16H28N2OS. The summed E-state index contributed by atoms with van der Waals surface area (Å²) >= 11 is 2.08. The van der Waals surface area contributed by atoms with Crippen molar-refractivity contribution in [3.63, 3.8) is 0 Å². The van der Waals surface area contributed by atoms with Crippen LogP contribution < -0.4 is 5.32 Å². The molecule has 1 aliphatic heterocycles. The van der Waals surface area contributed by atoms with E-state index in [4.69, 9.17) is 4.42 Å². The van der Waals surface area contributed by atoms with Gasteiger partial charge in [0.25, 0.3) is 0 Å². The molecule has 0 saturated carbocycles. The van der Waals surface area contributed by atoms with E-state index in [1.165, 1.54) is 5.75 Å². The van der Waals surface area contributed by atoms with Crippen LogP contribution in [0.2, 0.25) is 0 Å². The van der Waals surface area contributed by atoms with Crippen LogP contribution >= 0.6 is 11.8 Å². The molecule has 20 heavy (non-hydrogen) atoms. The van der Waals surface area contributed by atoms with Crippen LogP contribution in [0.3, 0.4) is 0 Å². The van der Waals surface area contributed by atoms with E-state index >= 15 is 0 Å². The van der Waals surface area contributed by atoms with Gasteiger partial charge >= 0.3 is 0 Å². The summed E-state index contributed by atoms with van der Waals surface area (Å²) in [6, 6.07) is 4.86. The zero-order valence-electron chi connectivity index (χ0n) is 13.2. The van der Waals surface area contributed by atoms with Gasteiger partial charge in [0.1, 0.15) is 11.5 Å². The van der Waals surface area contributed by atoms with E-state index in [1.807, 2.05) is 0 Å². The predicted octanol–water partition coefficient (Wildman–Crippen LogP) is 3.35. The molecule has 0 aliphatic carbocycles. The molecule has 114 valence electrons. The fourth-order valence-electron chi connectivity index (χ4n) is 2.51. The Kier molecular flexibility index (Phi) is 6.00. The minimum Gasteiger partial charge on any atom is -0.463 e. The number of rotatable bonds is 6. The smallest absolute Gasteiger partial charge is 0.118 e. The second-order valence-electron chi connectivity index (χ2n) is 6.18. The van der Waals surface area contributed by atoms with Gasteiger partial charge in [-0.1, -0.05) is 20.8 Å². The van der Waals surface area contributed by atoms with Crippen molar-refractivity contribution >= 4 is 11.8 Å². The Balaban J connectivity index is 1.83. The molecule has 3 nitrogen and oxygen atoms in total. The Bertz CT molecular complexity index is 405. The maximum atomic E-state index is 5.94. The molecular weight excluding hydrogens is 268 g/mol. The maximum Gasteiger partial charge on any atom is 0.118 e. The normalized spacial score (nSPS) is 24.4. The highest BCUT2D eigenvalue weighted by molar-refractivity contribution is 8.00. The molecule has 0 radical (unpaired) electrons. The number of nitrogens with zero attached hydrogens (tertiary/aromatic N) is 1. The Morgan fingerprint density at radius 3 is 2.85 bits per heavy atom. The van der Waals surface area contributed by atoms with E-state index in [0.717, 1.165) is 37.7 Å². The van der Waals surface area contributed by atoms with Crippen molar-refractivity contribution in [1.82, 2.24) is 10.2 Å². The molecule has 1 N–H and O–H groups in total. The van der Waals surface area contributed by atoms with Crippen molar-refractivity contribution in [1.29, 1.82) is 0 Å².